The summed E-state index contributed by atoms with van der Waals surface area (Å²) in [7, 11) is 1.68. The molecule has 1 amide bonds. The van der Waals surface area contributed by atoms with Gasteiger partial charge < -0.3 is 14.1 Å². The Bertz CT molecular complexity index is 666. The summed E-state index contributed by atoms with van der Waals surface area (Å²) in [5, 5.41) is 0. The van der Waals surface area contributed by atoms with Gasteiger partial charge in [0.2, 0.25) is 6.04 Å². The molecule has 0 N–H and O–H groups in total. The van der Waals surface area contributed by atoms with Crippen LogP contribution < -0.4 is 5.56 Å². The van der Waals surface area contributed by atoms with Crippen LogP contribution in [0.1, 0.15) is 32.3 Å². The Balaban J connectivity index is 2.20. The van der Waals surface area contributed by atoms with Gasteiger partial charge in [-0.15, -0.1) is 0 Å². The summed E-state index contributed by atoms with van der Waals surface area (Å²) in [5.74, 6) is -0.154. The molecule has 0 spiro atoms. The highest BCUT2D eigenvalue weighted by atomic mass is 16.6. The number of carbonyl (C=O) groups excluding carboxylic acids is 1. The summed E-state index contributed by atoms with van der Waals surface area (Å²) in [5.41, 5.74) is 0.123. The lowest BCUT2D eigenvalue weighted by molar-refractivity contribution is 0.0292. The lowest BCUT2D eigenvalue weighted by atomic mass is 9.96. The first-order chi connectivity index (χ1) is 10.2. The van der Waals surface area contributed by atoms with Crippen molar-refractivity contribution in [3.63, 3.8) is 0 Å². The number of rotatable bonds is 1. The zero-order chi connectivity index (χ0) is 16.5. The van der Waals surface area contributed by atoms with Crippen molar-refractivity contribution in [2.75, 3.05) is 13.1 Å². The zero-order valence-electron chi connectivity index (χ0n) is 13.4. The highest BCUT2D eigenvalue weighted by Crippen LogP contribution is 2.30. The largest absolute Gasteiger partial charge is 0.444 e. The van der Waals surface area contributed by atoms with Crippen molar-refractivity contribution >= 4 is 6.09 Å². The van der Waals surface area contributed by atoms with Crippen molar-refractivity contribution < 1.29 is 9.53 Å². The van der Waals surface area contributed by atoms with E-state index in [0.29, 0.717) is 13.1 Å². The number of aromatic nitrogens is 1. The number of carbonyl (C=O) groups is 1. The maximum Gasteiger partial charge on any atom is 0.410 e. The molecule has 22 heavy (non-hydrogen) atoms. The Morgan fingerprint density at radius 1 is 1.41 bits per heavy atom. The molecule has 6 heteroatoms. The van der Waals surface area contributed by atoms with Crippen LogP contribution in [0.15, 0.2) is 23.1 Å². The van der Waals surface area contributed by atoms with Crippen molar-refractivity contribution in [1.29, 1.82) is 0 Å². The van der Waals surface area contributed by atoms with E-state index in [2.05, 4.69) is 4.85 Å². The fraction of sp³-hybridized carbons (Fsp3) is 0.562. The third kappa shape index (κ3) is 3.48. The maximum absolute atomic E-state index is 12.2. The van der Waals surface area contributed by atoms with Gasteiger partial charge in [-0.3, -0.25) is 9.69 Å². The molecule has 6 nitrogen and oxygen atoms in total. The van der Waals surface area contributed by atoms with E-state index in [-0.39, 0.29) is 17.5 Å². The summed E-state index contributed by atoms with van der Waals surface area (Å²) in [6.45, 7) is 13.5. The smallest absolute Gasteiger partial charge is 0.410 e. The number of hydrogen-bond donors (Lipinski definition) is 0. The van der Waals surface area contributed by atoms with E-state index in [1.807, 2.05) is 26.8 Å². The number of nitrogens with zero attached hydrogens (tertiary/aromatic N) is 3. The Kier molecular flexibility index (Phi) is 4.27. The van der Waals surface area contributed by atoms with Crippen molar-refractivity contribution in [1.82, 2.24) is 9.47 Å². The molecule has 0 aromatic carbocycles. The number of likely N-dealkylation sites (tertiary alicyclic amines) is 1. The Morgan fingerprint density at radius 2 is 2.09 bits per heavy atom. The van der Waals surface area contributed by atoms with E-state index in [4.69, 9.17) is 11.3 Å². The van der Waals surface area contributed by atoms with Crippen LogP contribution in [-0.4, -0.2) is 40.3 Å². The van der Waals surface area contributed by atoms with Crippen LogP contribution in [0.5, 0.6) is 0 Å². The molecule has 0 radical (unpaired) electrons. The molecule has 1 aliphatic rings. The minimum atomic E-state index is -0.564. The van der Waals surface area contributed by atoms with Gasteiger partial charge in [0, 0.05) is 25.9 Å². The van der Waals surface area contributed by atoms with Gasteiger partial charge in [0.25, 0.3) is 5.56 Å². The molecule has 0 bridgehead atoms. The van der Waals surface area contributed by atoms with E-state index in [1.54, 1.807) is 24.2 Å². The molecule has 2 rings (SSSR count). The lowest BCUT2D eigenvalue weighted by Crippen LogP contribution is -2.35. The predicted octanol–water partition coefficient (Wildman–Crippen LogP) is 2.01. The second kappa shape index (κ2) is 5.84. The second-order valence-corrected chi connectivity index (χ2v) is 6.60. The van der Waals surface area contributed by atoms with E-state index in [9.17, 15) is 9.59 Å². The molecule has 1 saturated heterocycles. The van der Waals surface area contributed by atoms with Crippen molar-refractivity contribution in [3.05, 3.63) is 45.7 Å². The van der Waals surface area contributed by atoms with Crippen molar-refractivity contribution in [3.8, 4) is 0 Å². The molecule has 0 aliphatic carbocycles. The van der Waals surface area contributed by atoms with Crippen molar-refractivity contribution in [2.24, 2.45) is 7.05 Å². The Hall–Kier alpha value is -2.29. The van der Waals surface area contributed by atoms with E-state index < -0.39 is 11.7 Å². The summed E-state index contributed by atoms with van der Waals surface area (Å²) < 4.78 is 6.84. The van der Waals surface area contributed by atoms with E-state index >= 15 is 0 Å². The van der Waals surface area contributed by atoms with Crippen LogP contribution in [0.4, 0.5) is 4.79 Å². The molecule has 118 valence electrons. The number of pyridine rings is 1. The monoisotopic (exact) mass is 303 g/mol. The quantitative estimate of drug-likeness (QED) is 0.746. The summed E-state index contributed by atoms with van der Waals surface area (Å²) in [6.07, 6.45) is 1.28. The maximum atomic E-state index is 12.2. The third-order valence-electron chi connectivity index (χ3n) is 3.66. The minimum Gasteiger partial charge on any atom is -0.444 e. The average Bonchev–Trinajstić information content (AvgIpc) is 2.84. The van der Waals surface area contributed by atoms with Gasteiger partial charge in [0.15, 0.2) is 0 Å². The summed E-state index contributed by atoms with van der Waals surface area (Å²) in [6, 6.07) is 3.03. The van der Waals surface area contributed by atoms with Crippen LogP contribution in [-0.2, 0) is 11.8 Å². The van der Waals surface area contributed by atoms with Gasteiger partial charge in [-0.25, -0.2) is 11.4 Å². The summed E-state index contributed by atoms with van der Waals surface area (Å²) >= 11 is 0. The molecule has 1 aromatic rings. The highest BCUT2D eigenvalue weighted by Gasteiger charge is 2.42. The fourth-order valence-electron chi connectivity index (χ4n) is 2.52. The molecule has 2 heterocycles. The van der Waals surface area contributed by atoms with E-state index in [0.717, 1.165) is 5.56 Å². The van der Waals surface area contributed by atoms with Gasteiger partial charge in [-0.1, -0.05) is 0 Å². The van der Waals surface area contributed by atoms with Crippen LogP contribution in [0, 0.1) is 6.57 Å². The highest BCUT2D eigenvalue weighted by molar-refractivity contribution is 5.69. The van der Waals surface area contributed by atoms with Crippen LogP contribution in [0.2, 0.25) is 0 Å². The fourth-order valence-corrected chi connectivity index (χ4v) is 2.52. The molecule has 1 aliphatic heterocycles. The molecule has 0 unspecified atom stereocenters. The van der Waals surface area contributed by atoms with Crippen LogP contribution in [0.25, 0.3) is 4.85 Å². The number of aryl methyl sites for hydroxylation is 1. The number of hydrogen-bond acceptors (Lipinski definition) is 3. The summed E-state index contributed by atoms with van der Waals surface area (Å²) in [4.78, 5) is 29.1. The number of amides is 1. The van der Waals surface area contributed by atoms with Gasteiger partial charge in [-0.2, -0.15) is 0 Å². The standard InChI is InChI=1S/C16H21N3O3/c1-16(2,3)22-15(21)19-9-12(13(10-19)17-4)11-6-7-18(5)14(20)8-11/h6-8,12-13H,9-10H2,1-3,5H3/t12-,13+/m0/s1. The molecule has 1 aromatic heterocycles. The number of ether oxygens (including phenoxy) is 1. The lowest BCUT2D eigenvalue weighted by Gasteiger charge is -2.23. The normalized spacial score (nSPS) is 21.5. The van der Waals surface area contributed by atoms with Crippen LogP contribution in [0.3, 0.4) is 0 Å². The van der Waals surface area contributed by atoms with Crippen molar-refractivity contribution in [2.45, 2.75) is 38.3 Å². The SMILES string of the molecule is [C-]#[N+][C@@H]1CN(C(=O)OC(C)(C)C)C[C@H]1c1ccn(C)c(=O)c1. The Morgan fingerprint density at radius 3 is 2.64 bits per heavy atom. The van der Waals surface area contributed by atoms with E-state index in [1.165, 1.54) is 4.57 Å². The molecule has 0 saturated carbocycles. The minimum absolute atomic E-state index is 0.114. The predicted molar refractivity (Wildman–Crippen MR) is 82.6 cm³/mol. The Labute approximate surface area is 130 Å². The molecule has 2 atom stereocenters. The third-order valence-corrected chi connectivity index (χ3v) is 3.66. The van der Waals surface area contributed by atoms with Gasteiger partial charge in [-0.05, 0) is 32.4 Å². The van der Waals surface area contributed by atoms with Gasteiger partial charge in [0.05, 0.1) is 12.5 Å². The first kappa shape index (κ1) is 16.1. The average molecular weight is 303 g/mol. The first-order valence-corrected chi connectivity index (χ1v) is 7.22. The second-order valence-electron chi connectivity index (χ2n) is 6.60. The van der Waals surface area contributed by atoms with Gasteiger partial charge >= 0.3 is 6.09 Å². The molecular formula is C16H21N3O3. The molecule has 1 fully saturated rings. The zero-order valence-corrected chi connectivity index (χ0v) is 13.4. The first-order valence-electron chi connectivity index (χ1n) is 7.22. The van der Waals surface area contributed by atoms with Gasteiger partial charge in [0.1, 0.15) is 5.60 Å². The molecular weight excluding hydrogens is 282 g/mol. The topological polar surface area (TPSA) is 55.9 Å². The van der Waals surface area contributed by atoms with Crippen LogP contribution >= 0.6 is 0 Å².